The number of carbonyl (C=O) groups excluding carboxylic acids is 1. The molecule has 0 fully saturated rings. The van der Waals surface area contributed by atoms with E-state index < -0.39 is 15.9 Å². The van der Waals surface area contributed by atoms with E-state index in [1.54, 1.807) is 54.6 Å². The zero-order valence-corrected chi connectivity index (χ0v) is 15.5. The monoisotopic (exact) mass is 385 g/mol. The Morgan fingerprint density at radius 1 is 0.846 bits per heavy atom. The molecule has 0 atom stereocenters. The van der Waals surface area contributed by atoms with E-state index in [-0.39, 0.29) is 16.1 Å². The Hall–Kier alpha value is -2.63. The van der Waals surface area contributed by atoms with Gasteiger partial charge in [0.05, 0.1) is 10.6 Å². The first kappa shape index (κ1) is 18.2. The van der Waals surface area contributed by atoms with Gasteiger partial charge >= 0.3 is 0 Å². The van der Waals surface area contributed by atoms with Crippen molar-refractivity contribution in [3.8, 4) is 0 Å². The van der Waals surface area contributed by atoms with E-state index in [4.69, 9.17) is 11.6 Å². The van der Waals surface area contributed by atoms with Crippen molar-refractivity contribution in [1.29, 1.82) is 0 Å². The summed E-state index contributed by atoms with van der Waals surface area (Å²) >= 11 is 5.87. The van der Waals surface area contributed by atoms with Gasteiger partial charge in [-0.05, 0) is 55.5 Å². The van der Waals surface area contributed by atoms with Crippen LogP contribution in [0.5, 0.6) is 0 Å². The van der Waals surface area contributed by atoms with Crippen LogP contribution in [0.1, 0.15) is 15.9 Å². The van der Waals surface area contributed by atoms with Gasteiger partial charge in [0, 0.05) is 10.6 Å². The van der Waals surface area contributed by atoms with Crippen LogP contribution in [0, 0.1) is 6.92 Å². The minimum atomic E-state index is -4.07. The summed E-state index contributed by atoms with van der Waals surface area (Å²) in [6.45, 7) is 1.89. The second-order valence-corrected chi connectivity index (χ2v) is 7.95. The lowest BCUT2D eigenvalue weighted by molar-refractivity contribution is 0.101. The first-order valence-corrected chi connectivity index (χ1v) is 9.68. The molecule has 3 aromatic rings. The number of amides is 1. The van der Waals surface area contributed by atoms with E-state index in [0.29, 0.717) is 5.02 Å². The molecule has 6 heteroatoms. The van der Waals surface area contributed by atoms with E-state index >= 15 is 0 Å². The van der Waals surface area contributed by atoms with Crippen molar-refractivity contribution in [3.63, 3.8) is 0 Å². The summed E-state index contributed by atoms with van der Waals surface area (Å²) in [4.78, 5) is 13.1. The SMILES string of the molecule is Cc1ccc(N(C(=O)c2ccc(Cl)cc2)S(=O)(=O)c2ccccc2)cc1. The number of carbonyl (C=O) groups is 1. The van der Waals surface area contributed by atoms with Crippen LogP contribution in [0.3, 0.4) is 0 Å². The van der Waals surface area contributed by atoms with Crippen molar-refractivity contribution in [2.45, 2.75) is 11.8 Å². The largest absolute Gasteiger partial charge is 0.272 e. The normalized spacial score (nSPS) is 11.2. The molecular weight excluding hydrogens is 370 g/mol. The Kier molecular flexibility index (Phi) is 5.11. The average Bonchev–Trinajstić information content (AvgIpc) is 2.64. The number of aryl methyl sites for hydroxylation is 1. The molecule has 0 spiro atoms. The smallest absolute Gasteiger partial charge is 0.268 e. The molecule has 3 rings (SSSR count). The zero-order valence-electron chi connectivity index (χ0n) is 14.0. The third-order valence-corrected chi connectivity index (χ3v) is 5.80. The molecule has 0 saturated carbocycles. The molecule has 0 heterocycles. The van der Waals surface area contributed by atoms with Crippen molar-refractivity contribution in [3.05, 3.63) is 95.0 Å². The molecule has 0 saturated heterocycles. The molecule has 0 bridgehead atoms. The topological polar surface area (TPSA) is 54.5 Å². The van der Waals surface area contributed by atoms with Crippen molar-refractivity contribution >= 4 is 33.2 Å². The van der Waals surface area contributed by atoms with Crippen LogP contribution in [0.15, 0.2) is 83.8 Å². The molecule has 0 N–H and O–H groups in total. The number of benzene rings is 3. The predicted octanol–water partition coefficient (Wildman–Crippen LogP) is 4.68. The van der Waals surface area contributed by atoms with Crippen molar-refractivity contribution in [1.82, 2.24) is 0 Å². The van der Waals surface area contributed by atoms with E-state index in [0.717, 1.165) is 9.87 Å². The Morgan fingerprint density at radius 2 is 1.42 bits per heavy atom. The fraction of sp³-hybridized carbons (Fsp3) is 0.0500. The van der Waals surface area contributed by atoms with Crippen LogP contribution in [0.4, 0.5) is 5.69 Å². The van der Waals surface area contributed by atoms with Crippen LogP contribution in [0.25, 0.3) is 0 Å². The summed E-state index contributed by atoms with van der Waals surface area (Å²) in [6, 6.07) is 20.8. The highest BCUT2D eigenvalue weighted by molar-refractivity contribution is 7.93. The summed E-state index contributed by atoms with van der Waals surface area (Å²) in [5.41, 5.74) is 1.47. The fourth-order valence-corrected chi connectivity index (χ4v) is 4.01. The second-order valence-electron chi connectivity index (χ2n) is 5.73. The van der Waals surface area contributed by atoms with Crippen molar-refractivity contribution < 1.29 is 13.2 Å². The summed E-state index contributed by atoms with van der Waals surface area (Å²) < 4.78 is 27.2. The molecule has 4 nitrogen and oxygen atoms in total. The van der Waals surface area contributed by atoms with Crippen LogP contribution in [-0.4, -0.2) is 14.3 Å². The molecule has 0 aliphatic rings. The third-order valence-electron chi connectivity index (χ3n) is 3.83. The molecule has 1 amide bonds. The van der Waals surface area contributed by atoms with Gasteiger partial charge in [0.1, 0.15) is 0 Å². The van der Waals surface area contributed by atoms with Crippen molar-refractivity contribution in [2.75, 3.05) is 4.31 Å². The molecule has 3 aromatic carbocycles. The number of sulfonamides is 1. The lowest BCUT2D eigenvalue weighted by Crippen LogP contribution is -2.37. The quantitative estimate of drug-likeness (QED) is 0.655. The zero-order chi connectivity index (χ0) is 18.7. The number of halogens is 1. The summed E-state index contributed by atoms with van der Waals surface area (Å²) in [6.07, 6.45) is 0. The average molecular weight is 386 g/mol. The van der Waals surface area contributed by atoms with Crippen LogP contribution >= 0.6 is 11.6 Å². The molecule has 0 radical (unpaired) electrons. The fourth-order valence-electron chi connectivity index (χ4n) is 2.45. The van der Waals surface area contributed by atoms with Gasteiger partial charge in [0.2, 0.25) is 0 Å². The molecular formula is C20H16ClNO3S. The molecule has 0 aliphatic carbocycles. The number of nitrogens with zero attached hydrogens (tertiary/aromatic N) is 1. The van der Waals surface area contributed by atoms with Gasteiger partial charge in [-0.15, -0.1) is 0 Å². The highest BCUT2D eigenvalue weighted by Gasteiger charge is 2.31. The van der Waals surface area contributed by atoms with Gasteiger partial charge < -0.3 is 0 Å². The van der Waals surface area contributed by atoms with Gasteiger partial charge in [0.25, 0.3) is 15.9 Å². The Bertz CT molecular complexity index is 1010. The number of anilines is 1. The minimum absolute atomic E-state index is 0.0443. The van der Waals surface area contributed by atoms with E-state index in [2.05, 4.69) is 0 Å². The maximum absolute atomic E-state index is 13.2. The van der Waals surface area contributed by atoms with Crippen LogP contribution in [-0.2, 0) is 10.0 Å². The Morgan fingerprint density at radius 3 is 2.00 bits per heavy atom. The van der Waals surface area contributed by atoms with E-state index in [1.165, 1.54) is 24.3 Å². The standard InChI is InChI=1S/C20H16ClNO3S/c1-15-7-13-18(14-8-15)22(20(23)16-9-11-17(21)12-10-16)26(24,25)19-5-3-2-4-6-19/h2-14H,1H3. The summed E-state index contributed by atoms with van der Waals surface area (Å²) in [7, 11) is -4.07. The highest BCUT2D eigenvalue weighted by atomic mass is 35.5. The number of hydrogen-bond acceptors (Lipinski definition) is 3. The first-order chi connectivity index (χ1) is 12.4. The van der Waals surface area contributed by atoms with E-state index in [1.807, 2.05) is 6.92 Å². The number of hydrogen-bond donors (Lipinski definition) is 0. The second kappa shape index (κ2) is 7.32. The number of rotatable bonds is 4. The molecule has 0 unspecified atom stereocenters. The summed E-state index contributed by atoms with van der Waals surface area (Å²) in [5.74, 6) is -0.644. The van der Waals surface area contributed by atoms with Gasteiger partial charge in [0.15, 0.2) is 0 Å². The van der Waals surface area contributed by atoms with Crippen LogP contribution in [0.2, 0.25) is 5.02 Å². The van der Waals surface area contributed by atoms with Gasteiger partial charge in [-0.3, -0.25) is 4.79 Å². The van der Waals surface area contributed by atoms with Crippen molar-refractivity contribution in [2.24, 2.45) is 0 Å². The van der Waals surface area contributed by atoms with E-state index in [9.17, 15) is 13.2 Å². The van der Waals surface area contributed by atoms with Crippen LogP contribution < -0.4 is 4.31 Å². The minimum Gasteiger partial charge on any atom is -0.268 e. The molecule has 132 valence electrons. The van der Waals surface area contributed by atoms with Gasteiger partial charge in [-0.25, -0.2) is 8.42 Å². The Balaban J connectivity index is 2.15. The first-order valence-electron chi connectivity index (χ1n) is 7.86. The Labute approximate surface area is 157 Å². The maximum Gasteiger partial charge on any atom is 0.272 e. The lowest BCUT2D eigenvalue weighted by Gasteiger charge is -2.23. The molecule has 0 aliphatic heterocycles. The van der Waals surface area contributed by atoms with Gasteiger partial charge in [-0.1, -0.05) is 47.5 Å². The third kappa shape index (κ3) is 3.64. The molecule has 26 heavy (non-hydrogen) atoms. The predicted molar refractivity (Wildman–Crippen MR) is 103 cm³/mol. The molecule has 0 aromatic heterocycles. The lowest BCUT2D eigenvalue weighted by atomic mass is 10.2. The summed E-state index contributed by atoms with van der Waals surface area (Å²) in [5, 5.41) is 0.467. The van der Waals surface area contributed by atoms with Gasteiger partial charge in [-0.2, -0.15) is 4.31 Å². The maximum atomic E-state index is 13.2. The highest BCUT2D eigenvalue weighted by Crippen LogP contribution is 2.26.